The zero-order chi connectivity index (χ0) is 13.0. The molecule has 1 atom stereocenters. The highest BCUT2D eigenvalue weighted by Gasteiger charge is 2.24. The fraction of sp³-hybridized carbons (Fsp3) is 0.571. The summed E-state index contributed by atoms with van der Waals surface area (Å²) >= 11 is 0. The highest BCUT2D eigenvalue weighted by Crippen LogP contribution is 2.29. The van der Waals surface area contributed by atoms with Gasteiger partial charge >= 0.3 is 0 Å². The number of aliphatic hydroxyl groups is 1. The van der Waals surface area contributed by atoms with Crippen LogP contribution < -0.4 is 10.6 Å². The Morgan fingerprint density at radius 2 is 2.22 bits per heavy atom. The average Bonchev–Trinajstić information content (AvgIpc) is 2.83. The van der Waals surface area contributed by atoms with E-state index in [-0.39, 0.29) is 12.4 Å². The zero-order valence-corrected chi connectivity index (χ0v) is 10.6. The molecule has 3 nitrogen and oxygen atoms in total. The Morgan fingerprint density at radius 1 is 1.39 bits per heavy atom. The Morgan fingerprint density at radius 3 is 2.94 bits per heavy atom. The molecular formula is C14H21FN2O. The van der Waals surface area contributed by atoms with E-state index in [0.717, 1.165) is 43.5 Å². The maximum Gasteiger partial charge on any atom is 0.125 e. The normalized spacial score (nSPS) is 19.5. The fourth-order valence-electron chi connectivity index (χ4n) is 2.72. The molecule has 2 rings (SSSR count). The van der Waals surface area contributed by atoms with E-state index in [0.29, 0.717) is 12.6 Å². The Balaban J connectivity index is 2.16. The predicted octanol–water partition coefficient (Wildman–Crippen LogP) is 2.03. The van der Waals surface area contributed by atoms with Crippen LogP contribution in [0, 0.1) is 5.82 Å². The molecule has 1 fully saturated rings. The molecule has 18 heavy (non-hydrogen) atoms. The number of aliphatic hydroxyl groups excluding tert-OH is 1. The van der Waals surface area contributed by atoms with Crippen LogP contribution in [0.4, 0.5) is 10.1 Å². The summed E-state index contributed by atoms with van der Waals surface area (Å²) in [6.45, 7) is 1.55. The lowest BCUT2D eigenvalue weighted by atomic mass is 10.1. The maximum absolute atomic E-state index is 13.5. The minimum atomic E-state index is -0.222. The number of anilines is 1. The smallest absolute Gasteiger partial charge is 0.125 e. The van der Waals surface area contributed by atoms with Crippen LogP contribution >= 0.6 is 0 Å². The summed E-state index contributed by atoms with van der Waals surface area (Å²) in [6.07, 6.45) is 4.02. The van der Waals surface area contributed by atoms with Crippen molar-refractivity contribution < 1.29 is 9.50 Å². The second kappa shape index (κ2) is 6.16. The molecular weight excluding hydrogens is 231 g/mol. The molecule has 3 N–H and O–H groups in total. The number of halogens is 1. The quantitative estimate of drug-likeness (QED) is 0.843. The Bertz CT molecular complexity index is 397. The van der Waals surface area contributed by atoms with Crippen molar-refractivity contribution >= 4 is 5.69 Å². The summed E-state index contributed by atoms with van der Waals surface area (Å²) < 4.78 is 13.5. The van der Waals surface area contributed by atoms with Crippen LogP contribution in [0.15, 0.2) is 18.2 Å². The second-order valence-electron chi connectivity index (χ2n) is 4.88. The first-order chi connectivity index (χ1) is 8.74. The predicted molar refractivity (Wildman–Crippen MR) is 71.0 cm³/mol. The molecule has 1 aliphatic heterocycles. The summed E-state index contributed by atoms with van der Waals surface area (Å²) in [6, 6.07) is 5.46. The molecule has 4 heteroatoms. The lowest BCUT2D eigenvalue weighted by molar-refractivity contribution is 0.279. The van der Waals surface area contributed by atoms with Crippen LogP contribution in [0.1, 0.15) is 31.2 Å². The largest absolute Gasteiger partial charge is 0.396 e. The molecule has 0 spiro atoms. The minimum Gasteiger partial charge on any atom is -0.396 e. The standard InChI is InChI=1S/C14H21FN2O/c15-12-7-11(10-16)8-14(9-12)17-5-1-3-13(17)4-2-6-18/h7-9,13,18H,1-6,10,16H2. The van der Waals surface area contributed by atoms with Gasteiger partial charge in [-0.25, -0.2) is 4.39 Å². The van der Waals surface area contributed by atoms with Gasteiger partial charge in [-0.05, 0) is 49.4 Å². The molecule has 1 aromatic carbocycles. The number of nitrogens with zero attached hydrogens (tertiary/aromatic N) is 1. The zero-order valence-electron chi connectivity index (χ0n) is 10.6. The van der Waals surface area contributed by atoms with Crippen LogP contribution in [0.3, 0.4) is 0 Å². The van der Waals surface area contributed by atoms with Crippen molar-refractivity contribution in [1.29, 1.82) is 0 Å². The van der Waals surface area contributed by atoms with Crippen molar-refractivity contribution in [2.45, 2.75) is 38.3 Å². The fourth-order valence-corrected chi connectivity index (χ4v) is 2.72. The van der Waals surface area contributed by atoms with Gasteiger partial charge in [0.05, 0.1) is 0 Å². The van der Waals surface area contributed by atoms with E-state index in [1.165, 1.54) is 6.07 Å². The first-order valence-corrected chi connectivity index (χ1v) is 6.61. The average molecular weight is 252 g/mol. The number of hydrogen-bond donors (Lipinski definition) is 2. The van der Waals surface area contributed by atoms with Crippen molar-refractivity contribution in [3.05, 3.63) is 29.6 Å². The monoisotopic (exact) mass is 252 g/mol. The van der Waals surface area contributed by atoms with E-state index in [2.05, 4.69) is 4.90 Å². The van der Waals surface area contributed by atoms with Gasteiger partial charge in [-0.2, -0.15) is 0 Å². The van der Waals surface area contributed by atoms with Gasteiger partial charge in [0, 0.05) is 31.4 Å². The summed E-state index contributed by atoms with van der Waals surface area (Å²) in [7, 11) is 0. The summed E-state index contributed by atoms with van der Waals surface area (Å²) in [5.74, 6) is -0.222. The number of rotatable bonds is 5. The van der Waals surface area contributed by atoms with Gasteiger partial charge in [0.25, 0.3) is 0 Å². The number of hydrogen-bond acceptors (Lipinski definition) is 3. The molecule has 1 unspecified atom stereocenters. The highest BCUT2D eigenvalue weighted by atomic mass is 19.1. The third-order valence-electron chi connectivity index (χ3n) is 3.58. The van der Waals surface area contributed by atoms with Gasteiger partial charge in [0.2, 0.25) is 0 Å². The van der Waals surface area contributed by atoms with Gasteiger partial charge in [-0.3, -0.25) is 0 Å². The number of nitrogens with two attached hydrogens (primary N) is 1. The van der Waals surface area contributed by atoms with E-state index < -0.39 is 0 Å². The molecule has 0 aromatic heterocycles. The van der Waals surface area contributed by atoms with Gasteiger partial charge in [0.1, 0.15) is 5.82 Å². The minimum absolute atomic E-state index is 0.222. The molecule has 1 saturated heterocycles. The molecule has 0 radical (unpaired) electrons. The highest BCUT2D eigenvalue weighted by molar-refractivity contribution is 5.51. The lowest BCUT2D eigenvalue weighted by Gasteiger charge is -2.27. The van der Waals surface area contributed by atoms with Crippen molar-refractivity contribution in [3.63, 3.8) is 0 Å². The third kappa shape index (κ3) is 3.00. The van der Waals surface area contributed by atoms with E-state index in [4.69, 9.17) is 10.8 Å². The number of benzene rings is 1. The van der Waals surface area contributed by atoms with Crippen molar-refractivity contribution in [2.75, 3.05) is 18.1 Å². The van der Waals surface area contributed by atoms with E-state index in [9.17, 15) is 4.39 Å². The summed E-state index contributed by atoms with van der Waals surface area (Å²) in [5, 5.41) is 8.91. The van der Waals surface area contributed by atoms with Gasteiger partial charge < -0.3 is 15.7 Å². The van der Waals surface area contributed by atoms with Crippen LogP contribution in [0.25, 0.3) is 0 Å². The van der Waals surface area contributed by atoms with Crippen molar-refractivity contribution in [2.24, 2.45) is 5.73 Å². The molecule has 1 heterocycles. The van der Waals surface area contributed by atoms with Crippen LogP contribution in [-0.4, -0.2) is 24.3 Å². The molecule has 0 aliphatic carbocycles. The van der Waals surface area contributed by atoms with E-state index in [1.54, 1.807) is 6.07 Å². The Kier molecular flexibility index (Phi) is 4.55. The van der Waals surface area contributed by atoms with Gasteiger partial charge in [-0.1, -0.05) is 0 Å². The van der Waals surface area contributed by atoms with Crippen molar-refractivity contribution in [3.8, 4) is 0 Å². The molecule has 1 aliphatic rings. The van der Waals surface area contributed by atoms with Crippen LogP contribution in [0.5, 0.6) is 0 Å². The third-order valence-corrected chi connectivity index (χ3v) is 3.58. The van der Waals surface area contributed by atoms with Crippen LogP contribution in [-0.2, 0) is 6.54 Å². The summed E-state index contributed by atoms with van der Waals surface area (Å²) in [5.41, 5.74) is 7.34. The Labute approximate surface area is 107 Å². The molecule has 0 saturated carbocycles. The molecule has 0 amide bonds. The molecule has 1 aromatic rings. The van der Waals surface area contributed by atoms with E-state index >= 15 is 0 Å². The molecule has 0 bridgehead atoms. The topological polar surface area (TPSA) is 49.5 Å². The van der Waals surface area contributed by atoms with Gasteiger partial charge in [0.15, 0.2) is 0 Å². The Hall–Kier alpha value is -1.13. The molecule has 100 valence electrons. The van der Waals surface area contributed by atoms with Crippen LogP contribution in [0.2, 0.25) is 0 Å². The first-order valence-electron chi connectivity index (χ1n) is 6.61. The van der Waals surface area contributed by atoms with E-state index in [1.807, 2.05) is 6.07 Å². The van der Waals surface area contributed by atoms with Gasteiger partial charge in [-0.15, -0.1) is 0 Å². The second-order valence-corrected chi connectivity index (χ2v) is 4.88. The summed E-state index contributed by atoms with van der Waals surface area (Å²) in [4.78, 5) is 2.25. The van der Waals surface area contributed by atoms with Crippen molar-refractivity contribution in [1.82, 2.24) is 0 Å². The maximum atomic E-state index is 13.5. The lowest BCUT2D eigenvalue weighted by Crippen LogP contribution is -2.29. The first kappa shape index (κ1) is 13.3. The SMILES string of the molecule is NCc1cc(F)cc(N2CCCC2CCCO)c1.